The number of nitrogens with zero attached hydrogens (tertiary/aromatic N) is 4. The molecule has 1 amide bonds. The molecule has 0 saturated carbocycles. The van der Waals surface area contributed by atoms with Crippen molar-refractivity contribution in [2.75, 3.05) is 13.1 Å². The number of hydrogen-bond donors (Lipinski definition) is 0. The molecule has 1 saturated heterocycles. The number of likely N-dealkylation sites (tertiary alicyclic amines) is 1. The lowest BCUT2D eigenvalue weighted by atomic mass is 9.92. The molecule has 0 aliphatic carbocycles. The van der Waals surface area contributed by atoms with E-state index >= 15 is 0 Å². The van der Waals surface area contributed by atoms with Crippen LogP contribution in [0.5, 0.6) is 0 Å². The van der Waals surface area contributed by atoms with Gasteiger partial charge in [-0.1, -0.05) is 23.4 Å². The minimum absolute atomic E-state index is 0.0352. The molecule has 6 nitrogen and oxygen atoms in total. The van der Waals surface area contributed by atoms with Gasteiger partial charge in [-0.25, -0.2) is 4.63 Å². The van der Waals surface area contributed by atoms with Crippen LogP contribution in [0.3, 0.4) is 0 Å². The Morgan fingerprint density at radius 2 is 1.97 bits per heavy atom. The van der Waals surface area contributed by atoms with E-state index in [1.54, 1.807) is 17.9 Å². The highest BCUT2D eigenvalue weighted by molar-refractivity contribution is 5.93. The number of carbonyl (C=O) groups is 1. The quantitative estimate of drug-likeness (QED) is 0.583. The molecule has 4 rings (SSSR count). The van der Waals surface area contributed by atoms with Gasteiger partial charge in [0.05, 0.1) is 5.56 Å². The lowest BCUT2D eigenvalue weighted by Gasteiger charge is -2.32. The molecule has 3 aromatic rings. The van der Waals surface area contributed by atoms with Crippen molar-refractivity contribution < 1.29 is 22.6 Å². The highest BCUT2D eigenvalue weighted by Crippen LogP contribution is 2.31. The zero-order valence-corrected chi connectivity index (χ0v) is 17.8. The largest absolute Gasteiger partial charge is 0.416 e. The highest BCUT2D eigenvalue weighted by atomic mass is 19.4. The van der Waals surface area contributed by atoms with Crippen molar-refractivity contribution >= 4 is 5.91 Å². The highest BCUT2D eigenvalue weighted by Gasteiger charge is 2.31. The van der Waals surface area contributed by atoms with E-state index in [2.05, 4.69) is 19.9 Å². The topological polar surface area (TPSA) is 72.1 Å². The normalized spacial score (nSPS) is 16.9. The molecule has 0 spiro atoms. The molecule has 1 aliphatic heterocycles. The number of piperidine rings is 1. The second kappa shape index (κ2) is 8.72. The molecule has 0 radical (unpaired) electrons. The van der Waals surface area contributed by atoms with Crippen LogP contribution >= 0.6 is 0 Å². The number of carbonyl (C=O) groups excluding carboxylic acids is 1. The predicted octanol–water partition coefficient (Wildman–Crippen LogP) is 4.71. The summed E-state index contributed by atoms with van der Waals surface area (Å²) in [4.78, 5) is 19.2. The van der Waals surface area contributed by atoms with E-state index in [4.69, 9.17) is 0 Å². The minimum Gasteiger partial charge on any atom is -0.336 e. The van der Waals surface area contributed by atoms with Crippen molar-refractivity contribution in [2.45, 2.75) is 45.2 Å². The number of alkyl halides is 3. The molecule has 0 bridgehead atoms. The van der Waals surface area contributed by atoms with Gasteiger partial charge in [-0.2, -0.15) is 13.2 Å². The average Bonchev–Trinajstić information content (AvgIpc) is 3.18. The first kappa shape index (κ1) is 22.0. The second-order valence-corrected chi connectivity index (χ2v) is 8.21. The number of hydrogen-bond acceptors (Lipinski definition) is 5. The molecule has 1 atom stereocenters. The smallest absolute Gasteiger partial charge is 0.336 e. The first-order valence-electron chi connectivity index (χ1n) is 10.4. The molecule has 0 unspecified atom stereocenters. The van der Waals surface area contributed by atoms with Crippen LogP contribution in [0, 0.1) is 13.8 Å². The molecule has 1 aromatic carbocycles. The van der Waals surface area contributed by atoms with Crippen LogP contribution in [0.1, 0.15) is 63.0 Å². The summed E-state index contributed by atoms with van der Waals surface area (Å²) in [5, 5.41) is 7.39. The van der Waals surface area contributed by atoms with Crippen molar-refractivity contribution in [3.63, 3.8) is 0 Å². The maximum Gasteiger partial charge on any atom is 0.416 e. The Hall–Kier alpha value is -3.23. The van der Waals surface area contributed by atoms with Crippen molar-refractivity contribution in [3.05, 3.63) is 75.9 Å². The van der Waals surface area contributed by atoms with Crippen LogP contribution in [0.4, 0.5) is 13.2 Å². The third kappa shape index (κ3) is 4.81. The molecular formula is C23H23F3N4O2. The van der Waals surface area contributed by atoms with Gasteiger partial charge in [0.1, 0.15) is 5.69 Å². The fraction of sp³-hybridized carbons (Fsp3) is 0.391. The van der Waals surface area contributed by atoms with Gasteiger partial charge < -0.3 is 4.90 Å². The van der Waals surface area contributed by atoms with Gasteiger partial charge in [-0.3, -0.25) is 9.78 Å². The van der Waals surface area contributed by atoms with E-state index in [0.717, 1.165) is 35.9 Å². The van der Waals surface area contributed by atoms with Crippen LogP contribution in [0.15, 0.2) is 41.0 Å². The first-order chi connectivity index (χ1) is 15.2. The molecular weight excluding hydrogens is 421 g/mol. The number of benzene rings is 1. The summed E-state index contributed by atoms with van der Waals surface area (Å²) < 4.78 is 43.8. The van der Waals surface area contributed by atoms with Gasteiger partial charge in [0.25, 0.3) is 5.91 Å². The lowest BCUT2D eigenvalue weighted by molar-refractivity contribution is -0.137. The number of halogens is 3. The van der Waals surface area contributed by atoms with Crippen LogP contribution in [0.2, 0.25) is 0 Å². The number of aryl methyl sites for hydroxylation is 2. The van der Waals surface area contributed by atoms with Gasteiger partial charge in [0.15, 0.2) is 5.69 Å². The summed E-state index contributed by atoms with van der Waals surface area (Å²) in [6, 6.07) is 9.21. The second-order valence-electron chi connectivity index (χ2n) is 8.21. The van der Waals surface area contributed by atoms with Crippen LogP contribution in [0.25, 0.3) is 0 Å². The van der Waals surface area contributed by atoms with E-state index in [0.29, 0.717) is 30.8 Å². The van der Waals surface area contributed by atoms with E-state index < -0.39 is 11.7 Å². The average molecular weight is 444 g/mol. The van der Waals surface area contributed by atoms with Gasteiger partial charge in [-0.15, -0.1) is 0 Å². The van der Waals surface area contributed by atoms with Gasteiger partial charge >= 0.3 is 6.18 Å². The maximum absolute atomic E-state index is 13.1. The molecule has 3 heterocycles. The van der Waals surface area contributed by atoms with Gasteiger partial charge in [-0.05, 0) is 67.6 Å². The summed E-state index contributed by atoms with van der Waals surface area (Å²) in [5.74, 6) is -0.182. The molecule has 2 aromatic heterocycles. The van der Waals surface area contributed by atoms with E-state index in [1.165, 1.54) is 12.1 Å². The minimum atomic E-state index is -4.37. The molecule has 0 N–H and O–H groups in total. The van der Waals surface area contributed by atoms with Crippen molar-refractivity contribution in [2.24, 2.45) is 0 Å². The van der Waals surface area contributed by atoms with Crippen LogP contribution < -0.4 is 0 Å². The molecule has 1 aliphatic rings. The third-order valence-electron chi connectivity index (χ3n) is 5.68. The lowest BCUT2D eigenvalue weighted by Crippen LogP contribution is -2.39. The van der Waals surface area contributed by atoms with Crippen molar-refractivity contribution in [1.82, 2.24) is 20.2 Å². The standard InChI is InChI=1S/C23H23F3N4O2/c1-14-9-17(10-16-5-3-7-19(11-16)23(24,25)26)12-20(27-14)18-6-4-8-30(13-18)22(31)21-15(2)28-32-29-21/h3,5,7,9,11-12,18H,4,6,8,10,13H2,1-2H3/t18-/m0/s1. The fourth-order valence-corrected chi connectivity index (χ4v) is 4.15. The Morgan fingerprint density at radius 1 is 1.16 bits per heavy atom. The van der Waals surface area contributed by atoms with E-state index in [-0.39, 0.29) is 17.5 Å². The van der Waals surface area contributed by atoms with E-state index in [1.807, 2.05) is 19.1 Å². The third-order valence-corrected chi connectivity index (χ3v) is 5.68. The monoisotopic (exact) mass is 444 g/mol. The number of aromatic nitrogens is 3. The summed E-state index contributed by atoms with van der Waals surface area (Å²) >= 11 is 0. The Kier molecular flexibility index (Phi) is 5.99. The number of pyridine rings is 1. The molecule has 9 heteroatoms. The zero-order valence-electron chi connectivity index (χ0n) is 17.8. The van der Waals surface area contributed by atoms with Gasteiger partial charge in [0, 0.05) is 30.4 Å². The van der Waals surface area contributed by atoms with Crippen molar-refractivity contribution in [3.8, 4) is 0 Å². The Balaban J connectivity index is 1.54. The van der Waals surface area contributed by atoms with Crippen LogP contribution in [-0.2, 0) is 12.6 Å². The summed E-state index contributed by atoms with van der Waals surface area (Å²) in [6.45, 7) is 4.65. The zero-order chi connectivity index (χ0) is 22.9. The Labute approximate surface area is 183 Å². The predicted molar refractivity (Wildman–Crippen MR) is 110 cm³/mol. The molecule has 1 fully saturated rings. The number of amides is 1. The maximum atomic E-state index is 13.1. The summed E-state index contributed by atoms with van der Waals surface area (Å²) in [6.07, 6.45) is -2.30. The number of rotatable bonds is 4. The van der Waals surface area contributed by atoms with Crippen molar-refractivity contribution in [1.29, 1.82) is 0 Å². The summed E-state index contributed by atoms with van der Waals surface area (Å²) in [7, 11) is 0. The summed E-state index contributed by atoms with van der Waals surface area (Å²) in [5.41, 5.74) is 3.14. The Bertz CT molecular complexity index is 1130. The Morgan fingerprint density at radius 3 is 2.69 bits per heavy atom. The van der Waals surface area contributed by atoms with E-state index in [9.17, 15) is 18.0 Å². The van der Waals surface area contributed by atoms with Gasteiger partial charge in [0.2, 0.25) is 0 Å². The molecule has 168 valence electrons. The SMILES string of the molecule is Cc1cc(Cc2cccc(C(F)(F)F)c2)cc([C@H]2CCCN(C(=O)c3nonc3C)C2)n1. The molecule has 32 heavy (non-hydrogen) atoms. The van der Waals surface area contributed by atoms with Crippen LogP contribution in [-0.4, -0.2) is 39.2 Å². The first-order valence-corrected chi connectivity index (χ1v) is 10.4. The fourth-order valence-electron chi connectivity index (χ4n) is 4.15.